The van der Waals surface area contributed by atoms with E-state index >= 15 is 0 Å². The van der Waals surface area contributed by atoms with Gasteiger partial charge in [-0.05, 0) is 99.0 Å². The highest BCUT2D eigenvalue weighted by Gasteiger charge is 2.23. The van der Waals surface area contributed by atoms with E-state index < -0.39 is 0 Å². The number of carbonyl (C=O) groups is 1. The first-order valence-corrected chi connectivity index (χ1v) is 14.1. The van der Waals surface area contributed by atoms with Gasteiger partial charge in [0.05, 0.1) is 11.2 Å². The number of H-pyrrole nitrogens is 1. The fourth-order valence-corrected chi connectivity index (χ4v) is 5.96. The number of fused-ring (bicyclic) bond motifs is 2. The van der Waals surface area contributed by atoms with Crippen LogP contribution in [0.4, 0.5) is 0 Å². The predicted octanol–water partition coefficient (Wildman–Crippen LogP) is 5.07. The van der Waals surface area contributed by atoms with Crippen LogP contribution in [-0.2, 0) is 0 Å². The van der Waals surface area contributed by atoms with Gasteiger partial charge in [0.25, 0.3) is 5.91 Å². The van der Waals surface area contributed by atoms with E-state index in [0.29, 0.717) is 18.2 Å². The standard InChI is InChI=1S/C31H37N5O2/c1-2-36-16-5-6-26(36)21-38-27-11-9-22-18-24(8-7-23(22)19-27)30-28-20-25(10-12-29(28)33-34-30)31(37)32-13-17-35-14-3-4-15-35/h7-12,18-20,26H,2-6,13-17,21H2,1H3,(H,32,37)(H,33,34). The lowest BCUT2D eigenvalue weighted by Crippen LogP contribution is -2.33. The van der Waals surface area contributed by atoms with E-state index in [9.17, 15) is 4.79 Å². The molecule has 3 heterocycles. The van der Waals surface area contributed by atoms with Gasteiger partial charge in [-0.15, -0.1) is 0 Å². The van der Waals surface area contributed by atoms with Gasteiger partial charge in [0.15, 0.2) is 0 Å². The normalized spacial score (nSPS) is 18.5. The third-order valence-corrected chi connectivity index (χ3v) is 8.17. The molecule has 198 valence electrons. The molecule has 2 N–H and O–H groups in total. The van der Waals surface area contributed by atoms with Gasteiger partial charge < -0.3 is 15.0 Å². The van der Waals surface area contributed by atoms with Crippen LogP contribution in [0.1, 0.15) is 43.0 Å². The van der Waals surface area contributed by atoms with Crippen molar-refractivity contribution in [3.63, 3.8) is 0 Å². The Labute approximate surface area is 224 Å². The molecule has 2 aliphatic rings. The summed E-state index contributed by atoms with van der Waals surface area (Å²) in [5.41, 5.74) is 3.46. The second kappa shape index (κ2) is 11.1. The molecule has 1 atom stereocenters. The highest BCUT2D eigenvalue weighted by molar-refractivity contribution is 6.02. The summed E-state index contributed by atoms with van der Waals surface area (Å²) in [4.78, 5) is 17.7. The van der Waals surface area contributed by atoms with Gasteiger partial charge >= 0.3 is 0 Å². The first kappa shape index (κ1) is 24.9. The number of aromatic nitrogens is 2. The smallest absolute Gasteiger partial charge is 0.251 e. The lowest BCUT2D eigenvalue weighted by molar-refractivity contribution is 0.0950. The summed E-state index contributed by atoms with van der Waals surface area (Å²) in [6.07, 6.45) is 4.99. The Kier molecular flexibility index (Phi) is 7.29. The van der Waals surface area contributed by atoms with Crippen LogP contribution in [0.2, 0.25) is 0 Å². The molecule has 2 fully saturated rings. The Morgan fingerprint density at radius 1 is 1.03 bits per heavy atom. The summed E-state index contributed by atoms with van der Waals surface area (Å²) in [6, 6.07) is 19.0. The van der Waals surface area contributed by atoms with Gasteiger partial charge in [-0.25, -0.2) is 0 Å². The number of rotatable bonds is 9. The van der Waals surface area contributed by atoms with Gasteiger partial charge in [0, 0.05) is 35.6 Å². The molecule has 6 rings (SSSR count). The number of nitrogens with one attached hydrogen (secondary N) is 2. The molecule has 38 heavy (non-hydrogen) atoms. The van der Waals surface area contributed by atoms with Gasteiger partial charge in [-0.3, -0.25) is 14.8 Å². The van der Waals surface area contributed by atoms with Crippen molar-refractivity contribution in [2.45, 2.75) is 38.6 Å². The first-order valence-electron chi connectivity index (χ1n) is 14.1. The number of amides is 1. The number of carbonyl (C=O) groups excluding carboxylic acids is 1. The maximum absolute atomic E-state index is 12.8. The average Bonchev–Trinajstić information content (AvgIpc) is 3.72. The minimum atomic E-state index is -0.0380. The van der Waals surface area contributed by atoms with Crippen molar-refractivity contribution in [1.29, 1.82) is 0 Å². The van der Waals surface area contributed by atoms with Crippen molar-refractivity contribution < 1.29 is 9.53 Å². The second-order valence-electron chi connectivity index (χ2n) is 10.6. The SMILES string of the molecule is CCN1CCCC1COc1ccc2cc(-c3n[nH]c4ccc(C(=O)NCCN5CCCC5)cc34)ccc2c1. The maximum Gasteiger partial charge on any atom is 0.251 e. The molecule has 1 unspecified atom stereocenters. The topological polar surface area (TPSA) is 73.5 Å². The predicted molar refractivity (Wildman–Crippen MR) is 153 cm³/mol. The molecule has 1 aromatic heterocycles. The van der Waals surface area contributed by atoms with Crippen LogP contribution in [0.5, 0.6) is 5.75 Å². The molecule has 1 amide bonds. The van der Waals surface area contributed by atoms with Crippen LogP contribution in [0.25, 0.3) is 32.9 Å². The zero-order valence-corrected chi connectivity index (χ0v) is 22.2. The fraction of sp³-hybridized carbons (Fsp3) is 0.419. The number of nitrogens with zero attached hydrogens (tertiary/aromatic N) is 3. The average molecular weight is 512 g/mol. The summed E-state index contributed by atoms with van der Waals surface area (Å²) in [5, 5.41) is 14.0. The fourth-order valence-electron chi connectivity index (χ4n) is 5.96. The van der Waals surface area contributed by atoms with Crippen molar-refractivity contribution in [3.8, 4) is 17.0 Å². The molecule has 0 saturated carbocycles. The van der Waals surface area contributed by atoms with Gasteiger partial charge in [-0.2, -0.15) is 5.10 Å². The Hall–Kier alpha value is -3.42. The lowest BCUT2D eigenvalue weighted by atomic mass is 10.0. The maximum atomic E-state index is 12.8. The molecular weight excluding hydrogens is 474 g/mol. The van der Waals surface area contributed by atoms with Crippen LogP contribution < -0.4 is 10.1 Å². The number of likely N-dealkylation sites (tertiary alicyclic amines) is 2. The number of hydrogen-bond donors (Lipinski definition) is 2. The molecule has 0 bridgehead atoms. The van der Waals surface area contributed by atoms with E-state index in [1.807, 2.05) is 18.2 Å². The molecule has 2 saturated heterocycles. The summed E-state index contributed by atoms with van der Waals surface area (Å²) in [5.74, 6) is 0.878. The van der Waals surface area contributed by atoms with Crippen LogP contribution >= 0.6 is 0 Å². The zero-order chi connectivity index (χ0) is 25.9. The highest BCUT2D eigenvalue weighted by atomic mass is 16.5. The molecule has 7 nitrogen and oxygen atoms in total. The van der Waals surface area contributed by atoms with E-state index in [1.54, 1.807) is 0 Å². The summed E-state index contributed by atoms with van der Waals surface area (Å²) >= 11 is 0. The van der Waals surface area contributed by atoms with E-state index in [0.717, 1.165) is 71.5 Å². The zero-order valence-electron chi connectivity index (χ0n) is 22.2. The Morgan fingerprint density at radius 2 is 1.87 bits per heavy atom. The van der Waals surface area contributed by atoms with Crippen LogP contribution in [-0.4, -0.2) is 77.8 Å². The van der Waals surface area contributed by atoms with Crippen LogP contribution in [0, 0.1) is 0 Å². The Bertz CT molecular complexity index is 1420. The number of aromatic amines is 1. The van der Waals surface area contributed by atoms with Crippen molar-refractivity contribution in [2.24, 2.45) is 0 Å². The second-order valence-corrected chi connectivity index (χ2v) is 10.6. The number of likely N-dealkylation sites (N-methyl/N-ethyl adjacent to an activating group) is 1. The summed E-state index contributed by atoms with van der Waals surface area (Å²) < 4.78 is 6.18. The summed E-state index contributed by atoms with van der Waals surface area (Å²) in [6.45, 7) is 9.08. The van der Waals surface area contributed by atoms with E-state index in [2.05, 4.69) is 68.6 Å². The molecular formula is C31H37N5O2. The van der Waals surface area contributed by atoms with Gasteiger partial charge in [0.2, 0.25) is 0 Å². The molecule has 0 radical (unpaired) electrons. The minimum Gasteiger partial charge on any atom is -0.492 e. The number of hydrogen-bond acceptors (Lipinski definition) is 5. The molecule has 4 aromatic rings. The Morgan fingerprint density at radius 3 is 2.74 bits per heavy atom. The number of benzene rings is 3. The van der Waals surface area contributed by atoms with Crippen LogP contribution in [0.15, 0.2) is 54.6 Å². The van der Waals surface area contributed by atoms with Gasteiger partial charge in [-0.1, -0.05) is 25.1 Å². The third kappa shape index (κ3) is 5.26. The van der Waals surface area contributed by atoms with Crippen molar-refractivity contribution in [2.75, 3.05) is 45.9 Å². The molecule has 0 spiro atoms. The van der Waals surface area contributed by atoms with Crippen LogP contribution in [0.3, 0.4) is 0 Å². The molecule has 0 aliphatic carbocycles. The van der Waals surface area contributed by atoms with Gasteiger partial charge in [0.1, 0.15) is 12.4 Å². The largest absolute Gasteiger partial charge is 0.492 e. The number of ether oxygens (including phenoxy) is 1. The monoisotopic (exact) mass is 511 g/mol. The first-order chi connectivity index (χ1) is 18.7. The minimum absolute atomic E-state index is 0.0380. The molecule has 3 aromatic carbocycles. The highest BCUT2D eigenvalue weighted by Crippen LogP contribution is 2.31. The Balaban J connectivity index is 1.16. The lowest BCUT2D eigenvalue weighted by Gasteiger charge is -2.22. The summed E-state index contributed by atoms with van der Waals surface area (Å²) in [7, 11) is 0. The van der Waals surface area contributed by atoms with E-state index in [4.69, 9.17) is 4.74 Å². The van der Waals surface area contributed by atoms with Crippen molar-refractivity contribution >= 4 is 27.6 Å². The molecule has 7 heteroatoms. The van der Waals surface area contributed by atoms with Crippen molar-refractivity contribution in [3.05, 3.63) is 60.2 Å². The molecule has 2 aliphatic heterocycles. The quantitative estimate of drug-likeness (QED) is 0.328. The van der Waals surface area contributed by atoms with Crippen molar-refractivity contribution in [1.82, 2.24) is 25.3 Å². The third-order valence-electron chi connectivity index (χ3n) is 8.17. The van der Waals surface area contributed by atoms with E-state index in [1.165, 1.54) is 32.2 Å². The van der Waals surface area contributed by atoms with E-state index in [-0.39, 0.29) is 5.91 Å².